The average Bonchev–Trinajstić information content (AvgIpc) is 3.14. The Morgan fingerprint density at radius 1 is 0.930 bits per heavy atom. The normalized spacial score (nSPS) is 10.9. The molecule has 5 amide bonds. The van der Waals surface area contributed by atoms with Crippen molar-refractivity contribution in [2.24, 2.45) is 5.41 Å². The van der Waals surface area contributed by atoms with Crippen LogP contribution in [0, 0.1) is 5.41 Å². The number of carbonyl (C=O) groups is 5. The number of amides is 5. The van der Waals surface area contributed by atoms with Gasteiger partial charge in [-0.05, 0) is 84.5 Å². The van der Waals surface area contributed by atoms with Gasteiger partial charge in [0.05, 0.1) is 37.4 Å². The van der Waals surface area contributed by atoms with Crippen LogP contribution < -0.4 is 26.6 Å². The smallest absolute Gasteiger partial charge is 0.317 e. The van der Waals surface area contributed by atoms with Crippen molar-refractivity contribution >= 4 is 66.3 Å². The van der Waals surface area contributed by atoms with Crippen molar-refractivity contribution in [3.05, 3.63) is 29.8 Å². The molecule has 5 N–H and O–H groups in total. The van der Waals surface area contributed by atoms with E-state index in [-0.39, 0.29) is 48.4 Å². The van der Waals surface area contributed by atoms with E-state index in [0.29, 0.717) is 64.3 Å². The first-order valence-electron chi connectivity index (χ1n) is 19.2. The maximum atomic E-state index is 12.6. The van der Waals surface area contributed by atoms with Crippen LogP contribution in [0.5, 0.6) is 0 Å². The quantitative estimate of drug-likeness (QED) is 0.0169. The molecule has 0 bridgehead atoms. The number of alkyl halides is 1. The molecule has 1 rings (SSSR count). The van der Waals surface area contributed by atoms with Crippen molar-refractivity contribution in [2.75, 3.05) is 44.0 Å². The van der Waals surface area contributed by atoms with Gasteiger partial charge in [0.15, 0.2) is 0 Å². The molecule has 0 saturated carbocycles. The Morgan fingerprint density at radius 2 is 1.56 bits per heavy atom. The van der Waals surface area contributed by atoms with E-state index in [1.807, 2.05) is 72.7 Å². The number of hydrogen-bond donors (Lipinski definition) is 5. The molecule has 0 aliphatic rings. The molecule has 0 radical (unpaired) electrons. The molecule has 336 valence electrons. The van der Waals surface area contributed by atoms with Crippen LogP contribution in [0.4, 0.5) is 5.69 Å². The van der Waals surface area contributed by atoms with Crippen molar-refractivity contribution < 1.29 is 42.4 Å². The van der Waals surface area contributed by atoms with E-state index in [4.69, 9.17) is 25.3 Å². The van der Waals surface area contributed by atoms with Gasteiger partial charge in [-0.3, -0.25) is 24.0 Å². The number of carbonyl (C=O) groups excluding carboxylic acids is 6. The molecule has 0 heterocycles. The molecule has 57 heavy (non-hydrogen) atoms. The van der Waals surface area contributed by atoms with Crippen molar-refractivity contribution in [2.45, 2.75) is 138 Å². The van der Waals surface area contributed by atoms with Crippen LogP contribution in [0.2, 0.25) is 0 Å². The average molecular weight is 1090 g/mol. The van der Waals surface area contributed by atoms with Gasteiger partial charge in [0, 0.05) is 47.8 Å². The maximum absolute atomic E-state index is 12.6. The molecule has 0 unspecified atom stereocenters. The van der Waals surface area contributed by atoms with Crippen molar-refractivity contribution in [1.29, 1.82) is 0 Å². The first kappa shape index (κ1) is 59.3. The minimum atomic E-state index is -0.581. The zero-order valence-corrected chi connectivity index (χ0v) is 39.7. The fraction of sp³-hybridized carbons (Fsp3) is 0.700. The molecule has 0 fully saturated rings. The fourth-order valence-corrected chi connectivity index (χ4v) is 4.73. The summed E-state index contributed by atoms with van der Waals surface area (Å²) in [5, 5.41) is 12.9. The summed E-state index contributed by atoms with van der Waals surface area (Å²) in [7, 11) is 0. The summed E-state index contributed by atoms with van der Waals surface area (Å²) >= 11 is 6.77. The van der Waals surface area contributed by atoms with Crippen molar-refractivity contribution in [3.8, 4) is 0 Å². The van der Waals surface area contributed by atoms with Crippen LogP contribution in [0.3, 0.4) is 0 Å². The monoisotopic (exact) mass is 1090 g/mol. The van der Waals surface area contributed by atoms with Crippen LogP contribution in [-0.4, -0.2) is 93.4 Å². The molecule has 17 heteroatoms. The van der Waals surface area contributed by atoms with Crippen LogP contribution in [-0.2, 0) is 48.3 Å². The molecule has 0 aliphatic heterocycles. The van der Waals surface area contributed by atoms with E-state index in [9.17, 15) is 28.8 Å². The number of ether oxygens (including phenoxy) is 2. The third kappa shape index (κ3) is 39.6. The number of nitrogens with one attached hydrogen (secondary N) is 5. The largest absolute Gasteiger partial charge is 0.530 e. The van der Waals surface area contributed by atoms with Gasteiger partial charge in [-0.15, -0.1) is 11.6 Å². The van der Waals surface area contributed by atoms with E-state index < -0.39 is 5.41 Å². The first-order chi connectivity index (χ1) is 26.5. The number of halogens is 1. The van der Waals surface area contributed by atoms with E-state index in [1.165, 1.54) is 18.5 Å². The zero-order valence-electron chi connectivity index (χ0n) is 35.8. The Labute approximate surface area is 346 Å². The third-order valence-electron chi connectivity index (χ3n) is 7.15. The summed E-state index contributed by atoms with van der Waals surface area (Å²) in [5.74, 6) is 0.843. The topological polar surface area (TPSA) is 190 Å². The summed E-state index contributed by atoms with van der Waals surface area (Å²) in [6.07, 6.45) is 8.22. The van der Waals surface area contributed by atoms with E-state index in [2.05, 4.69) is 47.4 Å². The second-order valence-electron chi connectivity index (χ2n) is 14.2. The maximum Gasteiger partial charge on any atom is 0.317 e. The Balaban J connectivity index is -0.000000453. The molecule has 0 aliphatic carbocycles. The molecule has 0 aromatic heterocycles. The second kappa shape index (κ2) is 38.5. The Bertz CT molecular complexity index is 1180. The zero-order chi connectivity index (χ0) is 43.3. The Kier molecular flexibility index (Phi) is 40.0. The molecule has 1 aromatic rings. The van der Waals surface area contributed by atoms with Gasteiger partial charge < -0.3 is 45.0 Å². The predicted octanol–water partition coefficient (Wildman–Crippen LogP) is 6.20. The molecule has 0 saturated heterocycles. The van der Waals surface area contributed by atoms with Gasteiger partial charge in [0.1, 0.15) is 0 Å². The molecular weight excluding hydrogens is 1020 g/mol. The number of anilines is 1. The summed E-state index contributed by atoms with van der Waals surface area (Å²) in [6.45, 7) is 21.5. The molecular formula is C40H71ClFmN5O9S-. The summed E-state index contributed by atoms with van der Waals surface area (Å²) < 4.78 is 16.5. The Hall–Kier alpha value is -4.40. The third-order valence-corrected chi connectivity index (χ3v) is 8.22. The summed E-state index contributed by atoms with van der Waals surface area (Å²) in [6, 6.07) is 7.38. The standard InChI is InChI=1S/C23H43N2O6S.C8H8ClNO.C6H12N2O2.C3H8.Fm/c1-7-8-17-32-31-20(27)10-9-19(2)25-21(28)22(3,4)12-14-29-15-16-30-23(5,6)11-13-24-18-26;9-5-7-1-3-8(4-2-7)10-6-11;1-5(2)8-6(10)3-7-4-9;1-3-2;/h19H,7-17H2,1-6H3,(H,24,26)(H,25,28);1-4,6H,5H2,(H,10,11);4-5H,3H2,1-2H3,(H,7,9)(H,8,10);3H2,1-2H3;/q-1;;;;/t19-;;;;/m1..../s1. The van der Waals surface area contributed by atoms with Crippen molar-refractivity contribution in [3.63, 3.8) is 0 Å². The fourth-order valence-electron chi connectivity index (χ4n) is 3.85. The number of hydrogen-bond acceptors (Lipinski definition) is 10. The summed E-state index contributed by atoms with van der Waals surface area (Å²) in [4.78, 5) is 64.9. The van der Waals surface area contributed by atoms with E-state index in [0.717, 1.165) is 29.8 Å². The van der Waals surface area contributed by atoms with Gasteiger partial charge in [0.2, 0.25) is 24.6 Å². The number of rotatable bonds is 27. The van der Waals surface area contributed by atoms with Gasteiger partial charge in [-0.1, -0.05) is 59.6 Å². The minimum absolute atomic E-state index is 0. The van der Waals surface area contributed by atoms with E-state index in [1.54, 1.807) is 6.41 Å². The Morgan fingerprint density at radius 3 is 2.09 bits per heavy atom. The SMILES string of the molecule is CC(C)NC(=O)CNC=O.CCC.CCCCSOC(=O)CC[C@@H](C)NC(=O)C(C)(C)CCOCCOC(C)(C)CCN[C-]=O.O=CNc1ccc(CCl)cc1.[Fm]. The van der Waals surface area contributed by atoms with Crippen LogP contribution in [0.15, 0.2) is 24.3 Å². The minimum Gasteiger partial charge on any atom is -0.530 e. The van der Waals surface area contributed by atoms with Crippen LogP contribution in [0.25, 0.3) is 0 Å². The first-order valence-corrected chi connectivity index (χ1v) is 20.7. The number of benzene rings is 1. The molecule has 1 atom stereocenters. The van der Waals surface area contributed by atoms with Gasteiger partial charge in [-0.2, -0.15) is 6.41 Å². The summed E-state index contributed by atoms with van der Waals surface area (Å²) in [5.41, 5.74) is 0.891. The van der Waals surface area contributed by atoms with Gasteiger partial charge in [0.25, 0.3) is 0 Å². The van der Waals surface area contributed by atoms with E-state index >= 15 is 0 Å². The molecule has 1 aromatic carbocycles. The molecule has 0 spiro atoms. The van der Waals surface area contributed by atoms with Gasteiger partial charge >= 0.3 is 5.97 Å². The second-order valence-corrected chi connectivity index (χ2v) is 15.3. The predicted molar refractivity (Wildman–Crippen MR) is 227 cm³/mol. The van der Waals surface area contributed by atoms with Crippen molar-refractivity contribution in [1.82, 2.24) is 21.3 Å². The number of unbranched alkanes of at least 4 members (excludes halogenated alkanes) is 1. The molecule has 14 nitrogen and oxygen atoms in total. The van der Waals surface area contributed by atoms with Gasteiger partial charge in [-0.25, -0.2) is 0 Å². The van der Waals surface area contributed by atoms with Crippen LogP contribution >= 0.6 is 23.6 Å². The van der Waals surface area contributed by atoms with Crippen LogP contribution in [0.1, 0.15) is 120 Å².